The van der Waals surface area contributed by atoms with Crippen molar-refractivity contribution in [3.8, 4) is 0 Å². The average Bonchev–Trinajstić information content (AvgIpc) is 2.12. The topological polar surface area (TPSA) is 16.1 Å². The Bertz CT molecular complexity index is 279. The lowest BCUT2D eigenvalue weighted by molar-refractivity contribution is 0.437. The summed E-state index contributed by atoms with van der Waals surface area (Å²) in [6, 6.07) is 2.12. The summed E-state index contributed by atoms with van der Waals surface area (Å²) in [4.78, 5) is 6.33. The van der Waals surface area contributed by atoms with E-state index in [2.05, 4.69) is 46.0 Å². The fourth-order valence-electron chi connectivity index (χ4n) is 0.972. The van der Waals surface area contributed by atoms with Crippen LogP contribution in [0.5, 0.6) is 0 Å². The Labute approximate surface area is 98.2 Å². The molecule has 78 valence electrons. The minimum atomic E-state index is 1.04. The Morgan fingerprint density at radius 3 is 2.86 bits per heavy atom. The van der Waals surface area contributed by atoms with Crippen LogP contribution in [0.15, 0.2) is 22.9 Å². The number of halogens is 1. The normalized spacial score (nSPS) is 10.9. The van der Waals surface area contributed by atoms with E-state index in [-0.39, 0.29) is 0 Å². The highest BCUT2D eigenvalue weighted by atomic mass is 79.9. The fourth-order valence-corrected chi connectivity index (χ4v) is 2.42. The number of pyridine rings is 1. The first-order chi connectivity index (χ1) is 6.68. The van der Waals surface area contributed by atoms with E-state index in [0.29, 0.717) is 0 Å². The lowest BCUT2D eigenvalue weighted by atomic mass is 10.3. The van der Waals surface area contributed by atoms with Crippen LogP contribution in [0.1, 0.15) is 5.56 Å². The largest absolute Gasteiger partial charge is 0.309 e. The van der Waals surface area contributed by atoms with Crippen molar-refractivity contribution in [2.75, 3.05) is 26.4 Å². The summed E-state index contributed by atoms with van der Waals surface area (Å²) < 4.78 is 1.06. The van der Waals surface area contributed by atoms with Gasteiger partial charge in [-0.05, 0) is 41.7 Å². The first-order valence-electron chi connectivity index (χ1n) is 4.50. The Balaban J connectivity index is 2.25. The van der Waals surface area contributed by atoms with Crippen LogP contribution < -0.4 is 0 Å². The van der Waals surface area contributed by atoms with Gasteiger partial charge in [-0.3, -0.25) is 4.98 Å². The summed E-state index contributed by atoms with van der Waals surface area (Å²) in [7, 11) is 4.20. The Morgan fingerprint density at radius 2 is 2.21 bits per heavy atom. The summed E-state index contributed by atoms with van der Waals surface area (Å²) in [6.45, 7) is 1.13. The number of thioether (sulfide) groups is 1. The Morgan fingerprint density at radius 1 is 1.43 bits per heavy atom. The fraction of sp³-hybridized carbons (Fsp3) is 0.500. The monoisotopic (exact) mass is 274 g/mol. The number of hydrogen-bond acceptors (Lipinski definition) is 3. The van der Waals surface area contributed by atoms with Crippen molar-refractivity contribution >= 4 is 27.7 Å². The van der Waals surface area contributed by atoms with Crippen molar-refractivity contribution in [3.05, 3.63) is 28.5 Å². The predicted octanol–water partition coefficient (Wildman–Crippen LogP) is 2.64. The van der Waals surface area contributed by atoms with Gasteiger partial charge in [0.15, 0.2) is 0 Å². The molecule has 0 aliphatic carbocycles. The molecule has 1 rings (SSSR count). The van der Waals surface area contributed by atoms with Gasteiger partial charge < -0.3 is 4.90 Å². The van der Waals surface area contributed by atoms with E-state index < -0.39 is 0 Å². The van der Waals surface area contributed by atoms with Gasteiger partial charge in [0.25, 0.3) is 0 Å². The van der Waals surface area contributed by atoms with Gasteiger partial charge in [-0.1, -0.05) is 0 Å². The van der Waals surface area contributed by atoms with Crippen molar-refractivity contribution in [1.82, 2.24) is 9.88 Å². The van der Waals surface area contributed by atoms with Crippen molar-refractivity contribution in [2.24, 2.45) is 0 Å². The van der Waals surface area contributed by atoms with Crippen molar-refractivity contribution in [1.29, 1.82) is 0 Å². The lowest BCUT2D eigenvalue weighted by Crippen LogP contribution is -2.14. The smallest absolute Gasteiger partial charge is 0.0410 e. The molecule has 0 radical (unpaired) electrons. The van der Waals surface area contributed by atoms with E-state index in [9.17, 15) is 0 Å². The number of hydrogen-bond donors (Lipinski definition) is 0. The van der Waals surface area contributed by atoms with E-state index in [1.165, 1.54) is 11.3 Å². The van der Waals surface area contributed by atoms with Crippen LogP contribution in [0.2, 0.25) is 0 Å². The molecule has 0 atom stereocenters. The molecule has 0 spiro atoms. The van der Waals surface area contributed by atoms with E-state index in [1.807, 2.05) is 24.2 Å². The Hall–Kier alpha value is -0.0600. The highest BCUT2D eigenvalue weighted by Crippen LogP contribution is 2.15. The maximum Gasteiger partial charge on any atom is 0.0410 e. The molecule has 1 aromatic heterocycles. The molecule has 0 unspecified atom stereocenters. The van der Waals surface area contributed by atoms with Crippen LogP contribution in [0, 0.1) is 0 Å². The van der Waals surface area contributed by atoms with E-state index >= 15 is 0 Å². The molecule has 2 nitrogen and oxygen atoms in total. The molecule has 14 heavy (non-hydrogen) atoms. The molecule has 0 aromatic carbocycles. The SMILES string of the molecule is CN(C)CCSCc1cncc(Br)c1. The van der Waals surface area contributed by atoms with E-state index in [0.717, 1.165) is 16.8 Å². The second-order valence-corrected chi connectivity index (χ2v) is 5.39. The third-order valence-corrected chi connectivity index (χ3v) is 3.16. The summed E-state index contributed by atoms with van der Waals surface area (Å²) in [6.07, 6.45) is 3.74. The van der Waals surface area contributed by atoms with Gasteiger partial charge in [0.05, 0.1) is 0 Å². The first-order valence-corrected chi connectivity index (χ1v) is 6.45. The molecule has 0 saturated heterocycles. The van der Waals surface area contributed by atoms with Gasteiger partial charge in [-0.15, -0.1) is 0 Å². The molecule has 1 heterocycles. The molecule has 0 saturated carbocycles. The van der Waals surface area contributed by atoms with Crippen molar-refractivity contribution in [3.63, 3.8) is 0 Å². The molecule has 1 aromatic rings. The molecule has 0 fully saturated rings. The van der Waals surface area contributed by atoms with E-state index in [1.54, 1.807) is 0 Å². The van der Waals surface area contributed by atoms with Crippen molar-refractivity contribution in [2.45, 2.75) is 5.75 Å². The molecular formula is C10H15BrN2S. The third-order valence-electron chi connectivity index (χ3n) is 1.71. The molecule has 0 aliphatic rings. The summed E-state index contributed by atoms with van der Waals surface area (Å²) in [5, 5.41) is 0. The number of aromatic nitrogens is 1. The molecule has 4 heteroatoms. The van der Waals surface area contributed by atoms with Crippen LogP contribution in [-0.2, 0) is 5.75 Å². The minimum absolute atomic E-state index is 1.04. The second kappa shape index (κ2) is 6.43. The molecule has 0 bridgehead atoms. The van der Waals surface area contributed by atoms with Crippen LogP contribution in [0.4, 0.5) is 0 Å². The molecular weight excluding hydrogens is 260 g/mol. The van der Waals surface area contributed by atoms with Crippen LogP contribution in [0.3, 0.4) is 0 Å². The highest BCUT2D eigenvalue weighted by molar-refractivity contribution is 9.10. The van der Waals surface area contributed by atoms with Gasteiger partial charge in [-0.25, -0.2) is 0 Å². The lowest BCUT2D eigenvalue weighted by Gasteiger charge is -2.08. The van der Waals surface area contributed by atoms with Crippen LogP contribution in [-0.4, -0.2) is 36.3 Å². The van der Waals surface area contributed by atoms with Gasteiger partial charge in [0.1, 0.15) is 0 Å². The quantitative estimate of drug-likeness (QED) is 0.768. The number of rotatable bonds is 5. The zero-order valence-electron chi connectivity index (χ0n) is 8.53. The minimum Gasteiger partial charge on any atom is -0.309 e. The highest BCUT2D eigenvalue weighted by Gasteiger charge is 1.96. The maximum absolute atomic E-state index is 4.13. The van der Waals surface area contributed by atoms with E-state index in [4.69, 9.17) is 0 Å². The molecule has 0 N–H and O–H groups in total. The summed E-state index contributed by atoms with van der Waals surface area (Å²) in [5.41, 5.74) is 1.28. The van der Waals surface area contributed by atoms with Crippen LogP contribution >= 0.6 is 27.7 Å². The first kappa shape index (κ1) is 12.0. The summed E-state index contributed by atoms with van der Waals surface area (Å²) in [5.74, 6) is 2.21. The zero-order valence-corrected chi connectivity index (χ0v) is 10.9. The second-order valence-electron chi connectivity index (χ2n) is 3.37. The van der Waals surface area contributed by atoms with Crippen LogP contribution in [0.25, 0.3) is 0 Å². The van der Waals surface area contributed by atoms with Gasteiger partial charge >= 0.3 is 0 Å². The Kier molecular flexibility index (Phi) is 5.52. The van der Waals surface area contributed by atoms with Gasteiger partial charge in [0.2, 0.25) is 0 Å². The maximum atomic E-state index is 4.13. The molecule has 0 aliphatic heterocycles. The predicted molar refractivity (Wildman–Crippen MR) is 66.7 cm³/mol. The van der Waals surface area contributed by atoms with Gasteiger partial charge in [-0.2, -0.15) is 11.8 Å². The van der Waals surface area contributed by atoms with Crippen molar-refractivity contribution < 1.29 is 0 Å². The molecule has 0 amide bonds. The third kappa shape index (κ3) is 4.98. The average molecular weight is 275 g/mol. The standard InChI is InChI=1S/C10H15BrN2S/c1-13(2)3-4-14-8-9-5-10(11)7-12-6-9/h5-7H,3-4,8H2,1-2H3. The van der Waals surface area contributed by atoms with Gasteiger partial charge in [0, 0.05) is 34.9 Å². The zero-order chi connectivity index (χ0) is 10.4. The summed E-state index contributed by atoms with van der Waals surface area (Å²) >= 11 is 5.36. The number of nitrogens with zero attached hydrogens (tertiary/aromatic N) is 2.